The number of anilines is 2. The second kappa shape index (κ2) is 13.2. The van der Waals surface area contributed by atoms with Crippen molar-refractivity contribution in [2.24, 2.45) is 5.73 Å². The molecule has 11 heteroatoms. The molecule has 1 amide bonds. The summed E-state index contributed by atoms with van der Waals surface area (Å²) in [5.41, 5.74) is 11.3. The third-order valence-corrected chi connectivity index (χ3v) is 8.21. The molecule has 4 aromatic heterocycles. The molecule has 3 N–H and O–H groups in total. The molecule has 0 aliphatic heterocycles. The summed E-state index contributed by atoms with van der Waals surface area (Å²) < 4.78 is 13.4. The maximum absolute atomic E-state index is 12.8. The van der Waals surface area contributed by atoms with E-state index in [1.165, 1.54) is 11.3 Å². The second-order valence-corrected chi connectivity index (χ2v) is 11.6. The Labute approximate surface area is 265 Å². The van der Waals surface area contributed by atoms with Crippen molar-refractivity contribution in [2.75, 3.05) is 39.7 Å². The minimum atomic E-state index is -0.669. The molecule has 10 nitrogen and oxygen atoms in total. The number of carbonyl (C=O) groups is 1. The highest BCUT2D eigenvalue weighted by molar-refractivity contribution is 7.10. The van der Waals surface area contributed by atoms with Crippen LogP contribution in [0.5, 0.6) is 11.5 Å². The van der Waals surface area contributed by atoms with Crippen molar-refractivity contribution in [2.45, 2.75) is 5.92 Å². The average Bonchev–Trinajstić information content (AvgIpc) is 3.70. The van der Waals surface area contributed by atoms with E-state index in [2.05, 4.69) is 15.2 Å². The van der Waals surface area contributed by atoms with E-state index in [0.29, 0.717) is 35.3 Å². The molecule has 0 aliphatic carbocycles. The smallest absolute Gasteiger partial charge is 0.230 e. The number of benzene rings is 2. The van der Waals surface area contributed by atoms with Gasteiger partial charge in [-0.05, 0) is 74.1 Å². The van der Waals surface area contributed by atoms with Crippen LogP contribution in [-0.4, -0.2) is 64.7 Å². The molecule has 1 atom stereocenters. The first-order valence-electron chi connectivity index (χ1n) is 14.4. The zero-order valence-corrected chi connectivity index (χ0v) is 26.0. The summed E-state index contributed by atoms with van der Waals surface area (Å²) in [6.07, 6.45) is 3.62. The predicted molar refractivity (Wildman–Crippen MR) is 177 cm³/mol. The number of hydrogen-bond acceptors (Lipinski definition) is 9. The van der Waals surface area contributed by atoms with Crippen molar-refractivity contribution < 1.29 is 14.3 Å². The Balaban J connectivity index is 1.40. The number of nitrogens with one attached hydrogen (secondary N) is 1. The maximum atomic E-state index is 12.8. The summed E-state index contributed by atoms with van der Waals surface area (Å²) in [5.74, 6) is 0.638. The van der Waals surface area contributed by atoms with Crippen molar-refractivity contribution in [3.63, 3.8) is 0 Å². The van der Waals surface area contributed by atoms with Gasteiger partial charge >= 0.3 is 0 Å². The molecule has 0 aliphatic rings. The number of amides is 1. The zero-order valence-electron chi connectivity index (χ0n) is 25.2. The van der Waals surface area contributed by atoms with Crippen molar-refractivity contribution >= 4 is 34.4 Å². The number of nitrogens with zero attached hydrogens (tertiary/aromatic N) is 5. The van der Waals surface area contributed by atoms with Gasteiger partial charge in [0, 0.05) is 46.7 Å². The Hall–Kier alpha value is -5.26. The number of ether oxygens (including phenoxy) is 2. The van der Waals surface area contributed by atoms with Gasteiger partial charge in [-0.2, -0.15) is 5.10 Å². The molecule has 228 valence electrons. The second-order valence-electron chi connectivity index (χ2n) is 10.6. The Morgan fingerprint density at radius 2 is 1.96 bits per heavy atom. The van der Waals surface area contributed by atoms with E-state index in [9.17, 15) is 4.79 Å². The summed E-state index contributed by atoms with van der Waals surface area (Å²) >= 11 is 1.48. The summed E-state index contributed by atoms with van der Waals surface area (Å²) in [4.78, 5) is 25.1. The molecular formula is C34H33N7O3S. The Morgan fingerprint density at radius 3 is 2.73 bits per heavy atom. The van der Waals surface area contributed by atoms with Crippen LogP contribution in [0.25, 0.3) is 28.0 Å². The molecule has 0 saturated carbocycles. The first kappa shape index (κ1) is 29.8. The number of primary amides is 1. The van der Waals surface area contributed by atoms with Gasteiger partial charge in [0.15, 0.2) is 0 Å². The first-order valence-corrected chi connectivity index (χ1v) is 15.3. The fourth-order valence-electron chi connectivity index (χ4n) is 5.16. The van der Waals surface area contributed by atoms with E-state index < -0.39 is 11.8 Å². The highest BCUT2D eigenvalue weighted by Crippen LogP contribution is 2.40. The van der Waals surface area contributed by atoms with Gasteiger partial charge in [-0.3, -0.25) is 4.79 Å². The summed E-state index contributed by atoms with van der Waals surface area (Å²) in [5, 5.41) is 10.2. The van der Waals surface area contributed by atoms with Gasteiger partial charge in [-0.15, -0.1) is 11.3 Å². The molecule has 6 aromatic rings. The lowest BCUT2D eigenvalue weighted by Crippen LogP contribution is -2.22. The Kier molecular flexibility index (Phi) is 8.72. The molecule has 0 bridgehead atoms. The number of nitrogens with two attached hydrogens (primary N) is 1. The van der Waals surface area contributed by atoms with Crippen molar-refractivity contribution in [1.82, 2.24) is 24.5 Å². The lowest BCUT2D eigenvalue weighted by Gasteiger charge is -2.17. The van der Waals surface area contributed by atoms with E-state index in [-0.39, 0.29) is 0 Å². The zero-order chi connectivity index (χ0) is 31.3. The SMILES string of the molecule is COc1ccc(-c2nn3ccccc3c2-c2ccnc(Nc3cccc(OCCN(C)C)c3)n2)cc1C(C(N)=O)c1cccs1. The molecular weight excluding hydrogens is 586 g/mol. The van der Waals surface area contributed by atoms with Gasteiger partial charge < -0.3 is 25.4 Å². The molecule has 4 heterocycles. The Bertz CT molecular complexity index is 1940. The van der Waals surface area contributed by atoms with E-state index in [1.54, 1.807) is 13.3 Å². The monoisotopic (exact) mass is 619 g/mol. The third kappa shape index (κ3) is 6.49. The van der Waals surface area contributed by atoms with Crippen LogP contribution in [-0.2, 0) is 4.79 Å². The molecule has 1 unspecified atom stereocenters. The van der Waals surface area contributed by atoms with Gasteiger partial charge in [0.05, 0.1) is 23.9 Å². The number of rotatable bonds is 12. The van der Waals surface area contributed by atoms with E-state index in [1.807, 2.05) is 109 Å². The fraction of sp³-hybridized carbons (Fsp3) is 0.176. The standard InChI is InChI=1S/C34H33N7O3S/c1-40(2)17-18-44-24-9-6-8-23(21-24)37-34-36-15-14-26(38-34)31-27-10-4-5-16-41(27)39-32(31)22-12-13-28(43-3)25(20-22)30(33(35)42)29-11-7-19-45-29/h4-16,19-21,30H,17-18H2,1-3H3,(H2,35,42)(H,36,37,38). The average molecular weight is 620 g/mol. The summed E-state index contributed by atoms with van der Waals surface area (Å²) in [7, 11) is 5.61. The largest absolute Gasteiger partial charge is 0.496 e. The molecule has 0 spiro atoms. The number of thiophene rings is 1. The van der Waals surface area contributed by atoms with Crippen LogP contribution in [0.2, 0.25) is 0 Å². The Morgan fingerprint density at radius 1 is 1.07 bits per heavy atom. The summed E-state index contributed by atoms with van der Waals surface area (Å²) in [6, 6.07) is 25.0. The topological polar surface area (TPSA) is 120 Å². The van der Waals surface area contributed by atoms with Crippen LogP contribution in [0.3, 0.4) is 0 Å². The summed E-state index contributed by atoms with van der Waals surface area (Å²) in [6.45, 7) is 1.40. The minimum absolute atomic E-state index is 0.432. The molecule has 0 fully saturated rings. The molecule has 0 radical (unpaired) electrons. The lowest BCUT2D eigenvalue weighted by atomic mass is 9.92. The third-order valence-electron chi connectivity index (χ3n) is 7.28. The highest BCUT2D eigenvalue weighted by Gasteiger charge is 2.27. The van der Waals surface area contributed by atoms with Crippen LogP contribution in [0, 0.1) is 0 Å². The molecule has 6 rings (SSSR count). The van der Waals surface area contributed by atoms with E-state index in [4.69, 9.17) is 25.3 Å². The molecule has 45 heavy (non-hydrogen) atoms. The molecule has 2 aromatic carbocycles. The van der Waals surface area contributed by atoms with Crippen LogP contribution >= 0.6 is 11.3 Å². The normalized spacial score (nSPS) is 11.9. The van der Waals surface area contributed by atoms with Gasteiger partial charge in [-0.1, -0.05) is 18.2 Å². The van der Waals surface area contributed by atoms with Gasteiger partial charge in [0.25, 0.3) is 0 Å². The maximum Gasteiger partial charge on any atom is 0.230 e. The highest BCUT2D eigenvalue weighted by atomic mass is 32.1. The van der Waals surface area contributed by atoms with Gasteiger partial charge in [0.1, 0.15) is 29.7 Å². The predicted octanol–water partition coefficient (Wildman–Crippen LogP) is 5.83. The fourth-order valence-corrected chi connectivity index (χ4v) is 6.01. The van der Waals surface area contributed by atoms with Crippen molar-refractivity contribution in [3.8, 4) is 34.0 Å². The van der Waals surface area contributed by atoms with Crippen LogP contribution in [0.4, 0.5) is 11.6 Å². The van der Waals surface area contributed by atoms with E-state index in [0.717, 1.165) is 39.5 Å². The minimum Gasteiger partial charge on any atom is -0.496 e. The quantitative estimate of drug-likeness (QED) is 0.176. The number of likely N-dealkylation sites (N-methyl/N-ethyl adjacent to an activating group) is 1. The van der Waals surface area contributed by atoms with Crippen LogP contribution in [0.15, 0.2) is 96.6 Å². The number of hydrogen-bond donors (Lipinski definition) is 2. The number of methoxy groups -OCH3 is 1. The lowest BCUT2D eigenvalue weighted by molar-refractivity contribution is -0.118. The van der Waals surface area contributed by atoms with Crippen molar-refractivity contribution in [3.05, 3.63) is 107 Å². The van der Waals surface area contributed by atoms with Gasteiger partial charge in [-0.25, -0.2) is 14.5 Å². The van der Waals surface area contributed by atoms with Gasteiger partial charge in [0.2, 0.25) is 11.9 Å². The van der Waals surface area contributed by atoms with E-state index >= 15 is 0 Å². The number of aromatic nitrogens is 4. The number of fused-ring (bicyclic) bond motifs is 1. The first-order chi connectivity index (χ1) is 21.9. The van der Waals surface area contributed by atoms with Crippen LogP contribution in [0.1, 0.15) is 16.4 Å². The molecule has 0 saturated heterocycles. The van der Waals surface area contributed by atoms with Crippen molar-refractivity contribution in [1.29, 1.82) is 0 Å². The number of carbonyl (C=O) groups excluding carboxylic acids is 1. The van der Waals surface area contributed by atoms with Crippen LogP contribution < -0.4 is 20.5 Å². The number of pyridine rings is 1.